The molecule has 1 unspecified atom stereocenters. The fourth-order valence-electron chi connectivity index (χ4n) is 2.24. The third kappa shape index (κ3) is 5.09. The Morgan fingerprint density at radius 3 is 2.50 bits per heavy atom. The van der Waals surface area contributed by atoms with Crippen LogP contribution in [0.25, 0.3) is 0 Å². The summed E-state index contributed by atoms with van der Waals surface area (Å²) in [5, 5.41) is 3.43. The van der Waals surface area contributed by atoms with Crippen LogP contribution in [0.5, 0.6) is 0 Å². The summed E-state index contributed by atoms with van der Waals surface area (Å²) in [6.07, 6.45) is 1.03. The maximum Gasteiger partial charge on any atom is 0.248 e. The van der Waals surface area contributed by atoms with Crippen LogP contribution in [-0.2, 0) is 0 Å². The Kier molecular flexibility index (Phi) is 5.82. The van der Waals surface area contributed by atoms with Gasteiger partial charge in [0.15, 0.2) is 0 Å². The molecule has 0 heterocycles. The monoisotopic (exact) mass is 278 g/mol. The summed E-state index contributed by atoms with van der Waals surface area (Å²) in [7, 11) is 4.08. The summed E-state index contributed by atoms with van der Waals surface area (Å²) in [4.78, 5) is 13.4. The lowest BCUT2D eigenvalue weighted by molar-refractivity contribution is 0.100. The van der Waals surface area contributed by atoms with Crippen LogP contribution in [-0.4, -0.2) is 37.5 Å². The van der Waals surface area contributed by atoms with Crippen LogP contribution in [0.3, 0.4) is 0 Å². The van der Waals surface area contributed by atoms with Crippen molar-refractivity contribution in [3.8, 4) is 0 Å². The van der Waals surface area contributed by atoms with E-state index in [-0.39, 0.29) is 6.04 Å². The highest BCUT2D eigenvalue weighted by Gasteiger charge is 2.14. The summed E-state index contributed by atoms with van der Waals surface area (Å²) < 4.78 is 0. The van der Waals surface area contributed by atoms with Crippen molar-refractivity contribution in [1.82, 2.24) is 4.90 Å². The number of nitrogens with one attached hydrogen (secondary N) is 1. The van der Waals surface area contributed by atoms with Crippen molar-refractivity contribution in [1.29, 1.82) is 0 Å². The lowest BCUT2D eigenvalue weighted by atomic mass is 10.0. The topological polar surface area (TPSA) is 84.4 Å². The molecule has 0 bridgehead atoms. The first kappa shape index (κ1) is 16.3. The van der Waals surface area contributed by atoms with Crippen molar-refractivity contribution >= 4 is 17.3 Å². The lowest BCUT2D eigenvalue weighted by Gasteiger charge is -2.25. The van der Waals surface area contributed by atoms with Gasteiger partial charge in [-0.05, 0) is 44.6 Å². The van der Waals surface area contributed by atoms with Crippen molar-refractivity contribution in [3.05, 3.63) is 23.8 Å². The molecule has 0 radical (unpaired) electrons. The molecule has 0 saturated heterocycles. The van der Waals surface area contributed by atoms with Crippen LogP contribution in [0.2, 0.25) is 0 Å². The summed E-state index contributed by atoms with van der Waals surface area (Å²) in [6, 6.07) is 5.35. The number of carbonyl (C=O) groups excluding carboxylic acids is 1. The van der Waals surface area contributed by atoms with Gasteiger partial charge in [0.05, 0.1) is 11.4 Å². The molecule has 0 aliphatic heterocycles. The molecule has 0 aliphatic carbocycles. The van der Waals surface area contributed by atoms with Crippen molar-refractivity contribution in [2.24, 2.45) is 11.7 Å². The Hall–Kier alpha value is -1.75. The zero-order valence-electron chi connectivity index (χ0n) is 12.8. The molecule has 1 rings (SSSR count). The Morgan fingerprint density at radius 1 is 1.35 bits per heavy atom. The minimum absolute atomic E-state index is 0.274. The summed E-state index contributed by atoms with van der Waals surface area (Å²) in [5.74, 6) is 0.133. The maximum absolute atomic E-state index is 11.3. The van der Waals surface area contributed by atoms with Gasteiger partial charge in [-0.15, -0.1) is 0 Å². The maximum atomic E-state index is 11.3. The minimum Gasteiger partial charge on any atom is -0.397 e. The van der Waals surface area contributed by atoms with Crippen LogP contribution in [0, 0.1) is 5.92 Å². The number of nitrogens with two attached hydrogens (primary N) is 2. The molecule has 0 spiro atoms. The molecule has 0 saturated carbocycles. The van der Waals surface area contributed by atoms with Gasteiger partial charge in [-0.2, -0.15) is 0 Å². The van der Waals surface area contributed by atoms with Gasteiger partial charge in [0.25, 0.3) is 0 Å². The summed E-state index contributed by atoms with van der Waals surface area (Å²) in [5.41, 5.74) is 13.1. The molecule has 5 N–H and O–H groups in total. The van der Waals surface area contributed by atoms with E-state index in [0.717, 1.165) is 18.7 Å². The number of hydrogen-bond donors (Lipinski definition) is 3. The van der Waals surface area contributed by atoms with E-state index in [1.165, 1.54) is 0 Å². The minimum atomic E-state index is -0.443. The Bertz CT molecular complexity index is 447. The molecule has 0 aromatic heterocycles. The molecule has 20 heavy (non-hydrogen) atoms. The second-order valence-corrected chi connectivity index (χ2v) is 5.90. The normalized spacial score (nSPS) is 12.7. The largest absolute Gasteiger partial charge is 0.397 e. The molecular weight excluding hydrogens is 252 g/mol. The van der Waals surface area contributed by atoms with Crippen molar-refractivity contribution in [2.75, 3.05) is 31.7 Å². The standard InChI is InChI=1S/C15H26N4O/c1-10(2)7-12(9-19(3)4)18-14-8-11(15(17)20)5-6-13(14)16/h5-6,8,10,12,18H,7,9,16H2,1-4H3,(H2,17,20). The molecule has 1 aromatic carbocycles. The van der Waals surface area contributed by atoms with Gasteiger partial charge in [0.2, 0.25) is 5.91 Å². The Morgan fingerprint density at radius 2 is 2.00 bits per heavy atom. The fourth-order valence-corrected chi connectivity index (χ4v) is 2.24. The first-order valence-electron chi connectivity index (χ1n) is 6.90. The second-order valence-electron chi connectivity index (χ2n) is 5.90. The van der Waals surface area contributed by atoms with Crippen LogP contribution in [0.15, 0.2) is 18.2 Å². The van der Waals surface area contributed by atoms with Crippen LogP contribution < -0.4 is 16.8 Å². The second kappa shape index (κ2) is 7.14. The molecule has 1 atom stereocenters. The van der Waals surface area contributed by atoms with Gasteiger partial charge in [-0.1, -0.05) is 13.8 Å². The molecule has 1 amide bonds. The Balaban J connectivity index is 2.91. The molecule has 0 fully saturated rings. The van der Waals surface area contributed by atoms with Crippen LogP contribution in [0.4, 0.5) is 11.4 Å². The number of benzene rings is 1. The average molecular weight is 278 g/mol. The predicted octanol–water partition coefficient (Wildman–Crippen LogP) is 1.76. The van der Waals surface area contributed by atoms with Gasteiger partial charge in [-0.3, -0.25) is 4.79 Å². The number of hydrogen-bond acceptors (Lipinski definition) is 4. The molecule has 1 aromatic rings. The van der Waals surface area contributed by atoms with Crippen molar-refractivity contribution in [2.45, 2.75) is 26.3 Å². The molecule has 112 valence electrons. The van der Waals surface area contributed by atoms with Gasteiger partial charge >= 0.3 is 0 Å². The van der Waals surface area contributed by atoms with Crippen LogP contribution >= 0.6 is 0 Å². The van der Waals surface area contributed by atoms with Gasteiger partial charge in [0.1, 0.15) is 0 Å². The van der Waals surface area contributed by atoms with Crippen molar-refractivity contribution in [3.63, 3.8) is 0 Å². The molecule has 5 nitrogen and oxygen atoms in total. The average Bonchev–Trinajstić information content (AvgIpc) is 2.29. The van der Waals surface area contributed by atoms with E-state index < -0.39 is 5.91 Å². The van der Waals surface area contributed by atoms with E-state index in [4.69, 9.17) is 11.5 Å². The van der Waals surface area contributed by atoms with E-state index in [9.17, 15) is 4.79 Å². The zero-order valence-corrected chi connectivity index (χ0v) is 12.8. The highest BCUT2D eigenvalue weighted by Crippen LogP contribution is 2.22. The highest BCUT2D eigenvalue weighted by atomic mass is 16.1. The third-order valence-corrected chi connectivity index (χ3v) is 3.04. The summed E-state index contributed by atoms with van der Waals surface area (Å²) >= 11 is 0. The SMILES string of the molecule is CC(C)CC(CN(C)C)Nc1cc(C(N)=O)ccc1N. The first-order valence-corrected chi connectivity index (χ1v) is 6.90. The number of nitrogens with zero attached hydrogens (tertiary/aromatic N) is 1. The number of amides is 1. The number of rotatable bonds is 7. The Labute approximate surface area is 121 Å². The molecule has 5 heteroatoms. The van der Waals surface area contributed by atoms with E-state index in [1.807, 2.05) is 14.1 Å². The molecule has 0 aliphatic rings. The quantitative estimate of drug-likeness (QED) is 0.663. The zero-order chi connectivity index (χ0) is 15.3. The van der Waals surface area contributed by atoms with Gasteiger partial charge in [-0.25, -0.2) is 0 Å². The van der Waals surface area contributed by atoms with E-state index in [0.29, 0.717) is 17.2 Å². The van der Waals surface area contributed by atoms with Gasteiger partial charge in [0, 0.05) is 18.2 Å². The summed E-state index contributed by atoms with van der Waals surface area (Å²) in [6.45, 7) is 5.28. The van der Waals surface area contributed by atoms with Crippen molar-refractivity contribution < 1.29 is 4.79 Å². The first-order chi connectivity index (χ1) is 9.29. The van der Waals surface area contributed by atoms with E-state index in [1.54, 1.807) is 18.2 Å². The molecular formula is C15H26N4O. The highest BCUT2D eigenvalue weighted by molar-refractivity contribution is 5.94. The predicted molar refractivity (Wildman–Crippen MR) is 84.8 cm³/mol. The number of nitrogen functional groups attached to an aromatic ring is 1. The number of primary amides is 1. The van der Waals surface area contributed by atoms with E-state index >= 15 is 0 Å². The van der Waals surface area contributed by atoms with Crippen LogP contribution in [0.1, 0.15) is 30.6 Å². The number of likely N-dealkylation sites (N-methyl/N-ethyl adjacent to an activating group) is 1. The smallest absolute Gasteiger partial charge is 0.248 e. The van der Waals surface area contributed by atoms with Gasteiger partial charge < -0.3 is 21.7 Å². The number of carbonyl (C=O) groups is 1. The lowest BCUT2D eigenvalue weighted by Crippen LogP contribution is -2.33. The fraction of sp³-hybridized carbons (Fsp3) is 0.533. The third-order valence-electron chi connectivity index (χ3n) is 3.04. The van der Waals surface area contributed by atoms with E-state index in [2.05, 4.69) is 24.1 Å². The number of anilines is 2.